The third-order valence-electron chi connectivity index (χ3n) is 3.28. The van der Waals surface area contributed by atoms with Crippen LogP contribution in [-0.4, -0.2) is 18.2 Å². The highest BCUT2D eigenvalue weighted by Gasteiger charge is 2.09. The molecule has 0 atom stereocenters. The van der Waals surface area contributed by atoms with Gasteiger partial charge < -0.3 is 15.2 Å². The number of aryl methyl sites for hydroxylation is 2. The molecule has 0 fully saturated rings. The molecule has 0 bridgehead atoms. The lowest BCUT2D eigenvalue weighted by molar-refractivity contribution is 0.392. The minimum atomic E-state index is -0.425. The fourth-order valence-corrected chi connectivity index (χ4v) is 2.19. The molecule has 1 aromatic carbocycles. The number of rotatable bonds is 4. The van der Waals surface area contributed by atoms with Crippen molar-refractivity contribution < 1.29 is 8.91 Å². The second kappa shape index (κ2) is 7.26. The van der Waals surface area contributed by atoms with Crippen LogP contribution >= 0.6 is 11.6 Å². The summed E-state index contributed by atoms with van der Waals surface area (Å²) < 4.78 is 18.2. The van der Waals surface area contributed by atoms with Crippen LogP contribution in [0.4, 0.5) is 4.39 Å². The topological polar surface area (TPSA) is 62.5 Å². The van der Waals surface area contributed by atoms with E-state index < -0.39 is 5.82 Å². The fourth-order valence-electron chi connectivity index (χ4n) is 1.98. The number of nitrogens with zero attached hydrogens (tertiary/aromatic N) is 2. The zero-order valence-corrected chi connectivity index (χ0v) is 13.5. The van der Waals surface area contributed by atoms with Crippen molar-refractivity contribution >= 4 is 17.6 Å². The predicted octanol–water partition coefficient (Wildman–Crippen LogP) is 2.95. The van der Waals surface area contributed by atoms with Crippen molar-refractivity contribution in [3.8, 4) is 0 Å². The van der Waals surface area contributed by atoms with E-state index in [4.69, 9.17) is 16.1 Å². The lowest BCUT2D eigenvalue weighted by atomic mass is 10.2. The Bertz CT molecular complexity index is 665. The van der Waals surface area contributed by atoms with E-state index in [-0.39, 0.29) is 5.02 Å². The van der Waals surface area contributed by atoms with Crippen molar-refractivity contribution in [1.82, 2.24) is 15.8 Å². The van der Waals surface area contributed by atoms with Gasteiger partial charge in [-0.3, -0.25) is 4.99 Å². The summed E-state index contributed by atoms with van der Waals surface area (Å²) in [4.78, 5) is 4.14. The highest BCUT2D eigenvalue weighted by Crippen LogP contribution is 2.15. The molecule has 0 aliphatic heterocycles. The van der Waals surface area contributed by atoms with Crippen molar-refractivity contribution in [3.05, 3.63) is 51.6 Å². The molecule has 1 heterocycles. The van der Waals surface area contributed by atoms with Gasteiger partial charge in [-0.1, -0.05) is 22.8 Å². The lowest BCUT2D eigenvalue weighted by Crippen LogP contribution is -2.36. The highest BCUT2D eigenvalue weighted by atomic mass is 35.5. The summed E-state index contributed by atoms with van der Waals surface area (Å²) in [6.45, 7) is 4.81. The zero-order valence-electron chi connectivity index (χ0n) is 12.7. The van der Waals surface area contributed by atoms with Gasteiger partial charge >= 0.3 is 0 Å². The van der Waals surface area contributed by atoms with Gasteiger partial charge in [-0.05, 0) is 31.5 Å². The molecule has 5 nitrogen and oxygen atoms in total. The van der Waals surface area contributed by atoms with E-state index in [0.29, 0.717) is 19.0 Å². The van der Waals surface area contributed by atoms with Crippen LogP contribution in [0.3, 0.4) is 0 Å². The smallest absolute Gasteiger partial charge is 0.191 e. The van der Waals surface area contributed by atoms with Gasteiger partial charge in [-0.25, -0.2) is 4.39 Å². The molecule has 0 amide bonds. The maximum Gasteiger partial charge on any atom is 0.191 e. The van der Waals surface area contributed by atoms with E-state index in [1.807, 2.05) is 13.8 Å². The Morgan fingerprint density at radius 2 is 2.05 bits per heavy atom. The Hall–Kier alpha value is -2.08. The van der Waals surface area contributed by atoms with E-state index in [1.165, 1.54) is 6.07 Å². The molecule has 0 radical (unpaired) electrons. The number of hydrogen-bond donors (Lipinski definition) is 2. The number of benzene rings is 1. The number of guanidine groups is 1. The first-order chi connectivity index (χ1) is 10.5. The van der Waals surface area contributed by atoms with Crippen LogP contribution in [-0.2, 0) is 13.1 Å². The highest BCUT2D eigenvalue weighted by molar-refractivity contribution is 6.30. The van der Waals surface area contributed by atoms with E-state index in [0.717, 1.165) is 22.6 Å². The van der Waals surface area contributed by atoms with Gasteiger partial charge in [0.1, 0.15) is 11.6 Å². The van der Waals surface area contributed by atoms with Crippen LogP contribution < -0.4 is 10.6 Å². The van der Waals surface area contributed by atoms with E-state index in [2.05, 4.69) is 20.8 Å². The Morgan fingerprint density at radius 3 is 2.64 bits per heavy atom. The third kappa shape index (κ3) is 3.98. The van der Waals surface area contributed by atoms with Crippen LogP contribution in [0.15, 0.2) is 27.7 Å². The van der Waals surface area contributed by atoms with Gasteiger partial charge in [0.15, 0.2) is 5.96 Å². The van der Waals surface area contributed by atoms with Crippen molar-refractivity contribution in [2.45, 2.75) is 26.9 Å². The standard InChI is InChI=1S/C15H18ClFN4O/c1-9-12(10(2)22-21-9)8-20-15(18-3)19-7-11-4-5-14(17)13(16)6-11/h4-6H,7-8H2,1-3H3,(H2,18,19,20). The summed E-state index contributed by atoms with van der Waals surface area (Å²) in [5.41, 5.74) is 2.73. The fraction of sp³-hybridized carbons (Fsp3) is 0.333. The second-order valence-corrected chi connectivity index (χ2v) is 5.24. The van der Waals surface area contributed by atoms with Crippen molar-refractivity contribution in [2.24, 2.45) is 4.99 Å². The monoisotopic (exact) mass is 324 g/mol. The molecule has 2 aromatic rings. The number of hydrogen-bond acceptors (Lipinski definition) is 3. The molecular formula is C15H18ClFN4O. The van der Waals surface area contributed by atoms with Gasteiger partial charge in [0, 0.05) is 25.7 Å². The first-order valence-electron chi connectivity index (χ1n) is 6.81. The minimum Gasteiger partial charge on any atom is -0.361 e. The van der Waals surface area contributed by atoms with E-state index >= 15 is 0 Å². The first-order valence-corrected chi connectivity index (χ1v) is 7.19. The summed E-state index contributed by atoms with van der Waals surface area (Å²) in [5, 5.41) is 10.3. The van der Waals surface area contributed by atoms with Crippen LogP contribution in [0, 0.1) is 19.7 Å². The lowest BCUT2D eigenvalue weighted by Gasteiger charge is -2.12. The van der Waals surface area contributed by atoms with Gasteiger partial charge in [-0.2, -0.15) is 0 Å². The molecule has 7 heteroatoms. The largest absolute Gasteiger partial charge is 0.361 e. The molecule has 0 saturated carbocycles. The maximum absolute atomic E-state index is 13.1. The Kier molecular flexibility index (Phi) is 5.38. The van der Waals surface area contributed by atoms with Gasteiger partial charge in [0.05, 0.1) is 10.7 Å². The number of nitrogens with one attached hydrogen (secondary N) is 2. The molecule has 2 rings (SSSR count). The summed E-state index contributed by atoms with van der Waals surface area (Å²) in [6, 6.07) is 4.61. The average Bonchev–Trinajstić information content (AvgIpc) is 2.82. The quantitative estimate of drug-likeness (QED) is 0.670. The molecule has 1 aromatic heterocycles. The molecule has 0 unspecified atom stereocenters. The second-order valence-electron chi connectivity index (χ2n) is 4.83. The first kappa shape index (κ1) is 16.3. The third-order valence-corrected chi connectivity index (χ3v) is 3.57. The van der Waals surface area contributed by atoms with Crippen molar-refractivity contribution in [2.75, 3.05) is 7.05 Å². The van der Waals surface area contributed by atoms with Crippen LogP contribution in [0.1, 0.15) is 22.6 Å². The van der Waals surface area contributed by atoms with Crippen molar-refractivity contribution in [1.29, 1.82) is 0 Å². The molecule has 2 N–H and O–H groups in total. The Labute approximate surface area is 133 Å². The van der Waals surface area contributed by atoms with E-state index in [1.54, 1.807) is 19.2 Å². The maximum atomic E-state index is 13.1. The van der Waals surface area contributed by atoms with Gasteiger partial charge in [-0.15, -0.1) is 0 Å². The van der Waals surface area contributed by atoms with Gasteiger partial charge in [0.25, 0.3) is 0 Å². The minimum absolute atomic E-state index is 0.109. The summed E-state index contributed by atoms with van der Waals surface area (Å²) >= 11 is 5.76. The summed E-state index contributed by atoms with van der Waals surface area (Å²) in [6.07, 6.45) is 0. The molecule has 0 aliphatic rings. The van der Waals surface area contributed by atoms with Crippen molar-refractivity contribution in [3.63, 3.8) is 0 Å². The normalized spacial score (nSPS) is 11.6. The van der Waals surface area contributed by atoms with Crippen LogP contribution in [0.2, 0.25) is 5.02 Å². The molecule has 0 aliphatic carbocycles. The molecular weight excluding hydrogens is 307 g/mol. The van der Waals surface area contributed by atoms with Gasteiger partial charge in [0.2, 0.25) is 0 Å². The summed E-state index contributed by atoms with van der Waals surface area (Å²) in [7, 11) is 1.68. The van der Waals surface area contributed by atoms with Crippen LogP contribution in [0.25, 0.3) is 0 Å². The number of aromatic nitrogens is 1. The molecule has 22 heavy (non-hydrogen) atoms. The molecule has 0 spiro atoms. The van der Waals surface area contributed by atoms with E-state index in [9.17, 15) is 4.39 Å². The number of aliphatic imine (C=N–C) groups is 1. The molecule has 118 valence electrons. The predicted molar refractivity (Wildman–Crippen MR) is 84.4 cm³/mol. The Balaban J connectivity index is 1.91. The average molecular weight is 325 g/mol. The summed E-state index contributed by atoms with van der Waals surface area (Å²) in [5.74, 6) is 0.984. The zero-order chi connectivity index (χ0) is 16.1. The molecule has 0 saturated heterocycles. The van der Waals surface area contributed by atoms with Crippen LogP contribution in [0.5, 0.6) is 0 Å². The SMILES string of the molecule is CN=C(NCc1ccc(F)c(Cl)c1)NCc1c(C)noc1C. The Morgan fingerprint density at radius 1 is 1.32 bits per heavy atom. The number of halogens is 2.